The third-order valence-corrected chi connectivity index (χ3v) is 5.02. The van der Waals surface area contributed by atoms with E-state index in [9.17, 15) is 18.4 Å². The summed E-state index contributed by atoms with van der Waals surface area (Å²) >= 11 is 3.24. The first-order chi connectivity index (χ1) is 13.8. The molecule has 0 spiro atoms. The molecule has 0 saturated carbocycles. The number of ether oxygens (including phenoxy) is 1. The van der Waals surface area contributed by atoms with Crippen molar-refractivity contribution in [3.63, 3.8) is 0 Å². The molecule has 3 aromatic rings. The van der Waals surface area contributed by atoms with Gasteiger partial charge in [0.15, 0.2) is 0 Å². The third-order valence-electron chi connectivity index (χ3n) is 4.29. The van der Waals surface area contributed by atoms with Crippen LogP contribution in [0, 0.1) is 18.6 Å². The second kappa shape index (κ2) is 8.57. The molecule has 1 amide bonds. The fourth-order valence-corrected chi connectivity index (χ4v) is 3.24. The predicted octanol–water partition coefficient (Wildman–Crippen LogP) is 4.13. The van der Waals surface area contributed by atoms with Gasteiger partial charge in [-0.2, -0.15) is 0 Å². The van der Waals surface area contributed by atoms with Crippen molar-refractivity contribution in [2.75, 3.05) is 7.05 Å². The molecule has 150 valence electrons. The normalized spacial score (nSPS) is 10.7. The highest BCUT2D eigenvalue weighted by molar-refractivity contribution is 9.10. The van der Waals surface area contributed by atoms with E-state index in [2.05, 4.69) is 21.2 Å². The van der Waals surface area contributed by atoms with E-state index in [-0.39, 0.29) is 28.3 Å². The van der Waals surface area contributed by atoms with Crippen LogP contribution in [0.25, 0.3) is 5.69 Å². The molecule has 1 heterocycles. The molecule has 1 aromatic heterocycles. The fourth-order valence-electron chi connectivity index (χ4n) is 2.83. The zero-order valence-corrected chi connectivity index (χ0v) is 17.2. The molecule has 0 aliphatic carbocycles. The molecule has 0 fully saturated rings. The molecule has 0 saturated heterocycles. The minimum absolute atomic E-state index is 0.149. The number of pyridine rings is 1. The van der Waals surface area contributed by atoms with E-state index < -0.39 is 17.2 Å². The lowest BCUT2D eigenvalue weighted by Crippen LogP contribution is -2.23. The molecule has 5 nitrogen and oxygen atoms in total. The van der Waals surface area contributed by atoms with Crippen molar-refractivity contribution in [1.29, 1.82) is 0 Å². The van der Waals surface area contributed by atoms with Crippen molar-refractivity contribution in [3.05, 3.63) is 91.8 Å². The largest absolute Gasteiger partial charge is 0.487 e. The molecule has 2 aromatic carbocycles. The van der Waals surface area contributed by atoms with Gasteiger partial charge in [0, 0.05) is 41.7 Å². The Morgan fingerprint density at radius 1 is 1.17 bits per heavy atom. The molecule has 0 aliphatic rings. The molecule has 0 unspecified atom stereocenters. The van der Waals surface area contributed by atoms with E-state index >= 15 is 0 Å². The number of aryl methyl sites for hydroxylation is 1. The second-order valence-electron chi connectivity index (χ2n) is 6.26. The van der Waals surface area contributed by atoms with Crippen LogP contribution in [0.3, 0.4) is 0 Å². The Bertz CT molecular complexity index is 1150. The van der Waals surface area contributed by atoms with Crippen molar-refractivity contribution in [2.24, 2.45) is 0 Å². The van der Waals surface area contributed by atoms with Gasteiger partial charge < -0.3 is 10.1 Å². The summed E-state index contributed by atoms with van der Waals surface area (Å²) in [5.74, 6) is -1.44. The van der Waals surface area contributed by atoms with Gasteiger partial charge in [0.05, 0.1) is 0 Å². The maximum absolute atomic E-state index is 13.8. The summed E-state index contributed by atoms with van der Waals surface area (Å²) in [5.41, 5.74) is 1.26. The Labute approximate surface area is 174 Å². The number of carbonyl (C=O) groups is 1. The minimum atomic E-state index is -0.725. The zero-order valence-electron chi connectivity index (χ0n) is 15.6. The number of carbonyl (C=O) groups excluding carboxylic acids is 1. The van der Waals surface area contributed by atoms with E-state index in [1.165, 1.54) is 17.7 Å². The van der Waals surface area contributed by atoms with Gasteiger partial charge in [0.2, 0.25) is 0 Å². The summed E-state index contributed by atoms with van der Waals surface area (Å²) < 4.78 is 34.0. The number of rotatable bonds is 5. The number of hydrogen-bond acceptors (Lipinski definition) is 3. The number of benzene rings is 2. The van der Waals surface area contributed by atoms with Crippen LogP contribution in [0.1, 0.15) is 21.6 Å². The fraction of sp³-hybridized carbons (Fsp3) is 0.143. The van der Waals surface area contributed by atoms with Crippen LogP contribution in [-0.2, 0) is 6.61 Å². The zero-order chi connectivity index (χ0) is 21.1. The molecule has 29 heavy (non-hydrogen) atoms. The van der Waals surface area contributed by atoms with Gasteiger partial charge >= 0.3 is 0 Å². The molecule has 1 N–H and O–H groups in total. The Hall–Kier alpha value is -3.00. The minimum Gasteiger partial charge on any atom is -0.487 e. The van der Waals surface area contributed by atoms with Gasteiger partial charge in [-0.15, -0.1) is 0 Å². The van der Waals surface area contributed by atoms with Crippen LogP contribution in [0.15, 0.2) is 57.8 Å². The van der Waals surface area contributed by atoms with Crippen molar-refractivity contribution < 1.29 is 18.3 Å². The monoisotopic (exact) mass is 462 g/mol. The molecule has 0 aliphatic heterocycles. The number of nitrogens with zero attached hydrogens (tertiary/aromatic N) is 1. The maximum Gasteiger partial charge on any atom is 0.273 e. The average Bonchev–Trinajstić information content (AvgIpc) is 2.70. The van der Waals surface area contributed by atoms with Crippen LogP contribution in [0.4, 0.5) is 8.78 Å². The molecule has 8 heteroatoms. The number of halogens is 3. The summed E-state index contributed by atoms with van der Waals surface area (Å²) in [6.07, 6.45) is 0. The molecule has 3 rings (SSSR count). The Balaban J connectivity index is 1.95. The number of hydrogen-bond donors (Lipinski definition) is 1. The van der Waals surface area contributed by atoms with Crippen LogP contribution >= 0.6 is 15.9 Å². The SMILES string of the molecule is CNC(=O)c1cccc(-n2c(C)cc(OCc3ccc(F)cc3F)c(Br)c2=O)c1. The van der Waals surface area contributed by atoms with Crippen LogP contribution < -0.4 is 15.6 Å². The van der Waals surface area contributed by atoms with Gasteiger partial charge in [-0.05, 0) is 53.2 Å². The first kappa shape index (κ1) is 20.7. The number of nitrogens with one attached hydrogen (secondary N) is 1. The van der Waals surface area contributed by atoms with Crippen molar-refractivity contribution in [3.8, 4) is 11.4 Å². The number of aromatic nitrogens is 1. The van der Waals surface area contributed by atoms with Crippen molar-refractivity contribution >= 4 is 21.8 Å². The second-order valence-corrected chi connectivity index (χ2v) is 7.05. The Morgan fingerprint density at radius 2 is 1.93 bits per heavy atom. The van der Waals surface area contributed by atoms with Crippen LogP contribution in [-0.4, -0.2) is 17.5 Å². The van der Waals surface area contributed by atoms with Crippen LogP contribution in [0.5, 0.6) is 5.75 Å². The quantitative estimate of drug-likeness (QED) is 0.620. The van der Waals surface area contributed by atoms with E-state index in [1.807, 2.05) is 0 Å². The van der Waals surface area contributed by atoms with E-state index in [1.54, 1.807) is 37.3 Å². The highest BCUT2D eigenvalue weighted by Crippen LogP contribution is 2.25. The standard InChI is InChI=1S/C21H17BrF2N2O3/c1-12-8-18(29-11-14-6-7-15(23)10-17(14)24)19(22)21(28)26(12)16-5-3-4-13(9-16)20(27)25-2/h3-10H,11H2,1-2H3,(H,25,27). The van der Waals surface area contributed by atoms with Gasteiger partial charge in [-0.3, -0.25) is 14.2 Å². The lowest BCUT2D eigenvalue weighted by molar-refractivity contribution is 0.0963. The van der Waals surface area contributed by atoms with Crippen molar-refractivity contribution in [2.45, 2.75) is 13.5 Å². The summed E-state index contributed by atoms with van der Waals surface area (Å²) in [4.78, 5) is 24.8. The predicted molar refractivity (Wildman–Crippen MR) is 109 cm³/mol. The Morgan fingerprint density at radius 3 is 2.62 bits per heavy atom. The number of amides is 1. The lowest BCUT2D eigenvalue weighted by atomic mass is 10.1. The highest BCUT2D eigenvalue weighted by Gasteiger charge is 2.15. The molecule has 0 atom stereocenters. The topological polar surface area (TPSA) is 60.3 Å². The smallest absolute Gasteiger partial charge is 0.273 e. The van der Waals surface area contributed by atoms with E-state index in [0.717, 1.165) is 12.1 Å². The lowest BCUT2D eigenvalue weighted by Gasteiger charge is -2.15. The summed E-state index contributed by atoms with van der Waals surface area (Å²) in [6, 6.07) is 11.5. The maximum atomic E-state index is 13.8. The van der Waals surface area contributed by atoms with E-state index in [4.69, 9.17) is 4.74 Å². The van der Waals surface area contributed by atoms with Gasteiger partial charge in [-0.1, -0.05) is 6.07 Å². The van der Waals surface area contributed by atoms with Gasteiger partial charge in [0.25, 0.3) is 11.5 Å². The highest BCUT2D eigenvalue weighted by atomic mass is 79.9. The molecular formula is C21H17BrF2N2O3. The first-order valence-electron chi connectivity index (χ1n) is 8.63. The van der Waals surface area contributed by atoms with Gasteiger partial charge in [-0.25, -0.2) is 8.78 Å². The molecule has 0 bridgehead atoms. The third kappa shape index (κ3) is 4.37. The van der Waals surface area contributed by atoms with Crippen molar-refractivity contribution in [1.82, 2.24) is 9.88 Å². The van der Waals surface area contributed by atoms with E-state index in [0.29, 0.717) is 16.9 Å². The average molecular weight is 463 g/mol. The summed E-state index contributed by atoms with van der Waals surface area (Å²) in [7, 11) is 1.53. The Kier molecular flexibility index (Phi) is 6.12. The van der Waals surface area contributed by atoms with Crippen LogP contribution in [0.2, 0.25) is 0 Å². The summed E-state index contributed by atoms with van der Waals surface area (Å²) in [6.45, 7) is 1.55. The molecular weight excluding hydrogens is 446 g/mol. The summed E-state index contributed by atoms with van der Waals surface area (Å²) in [5, 5.41) is 2.54. The van der Waals surface area contributed by atoms with Gasteiger partial charge in [0.1, 0.15) is 28.5 Å². The first-order valence-corrected chi connectivity index (χ1v) is 9.42. The molecule has 0 radical (unpaired) electrons.